The standard InChI is InChI=1S/C7H10N2O/c1-2-5(8)7-6(9)3-4-10-7/h2-5H,1,8-9H2/t5-/m1/s1. The van der Waals surface area contributed by atoms with E-state index in [0.717, 1.165) is 0 Å². The highest BCUT2D eigenvalue weighted by molar-refractivity contribution is 5.43. The average molecular weight is 138 g/mol. The van der Waals surface area contributed by atoms with Crippen molar-refractivity contribution in [2.75, 3.05) is 5.73 Å². The second-order valence-corrected chi connectivity index (χ2v) is 2.00. The number of furan rings is 1. The SMILES string of the molecule is C=C[C@@H](N)c1occc1N. The first kappa shape index (κ1) is 6.89. The van der Waals surface area contributed by atoms with Crippen LogP contribution >= 0.6 is 0 Å². The topological polar surface area (TPSA) is 65.2 Å². The molecule has 54 valence electrons. The Morgan fingerprint density at radius 1 is 1.70 bits per heavy atom. The summed E-state index contributed by atoms with van der Waals surface area (Å²) in [6.07, 6.45) is 3.09. The second-order valence-electron chi connectivity index (χ2n) is 2.00. The van der Waals surface area contributed by atoms with Crippen molar-refractivity contribution >= 4 is 5.69 Å². The zero-order valence-electron chi connectivity index (χ0n) is 5.58. The van der Waals surface area contributed by atoms with E-state index in [-0.39, 0.29) is 6.04 Å². The molecule has 0 saturated carbocycles. The Hall–Kier alpha value is -1.22. The first-order chi connectivity index (χ1) is 4.75. The van der Waals surface area contributed by atoms with Crippen molar-refractivity contribution in [1.82, 2.24) is 0 Å². The van der Waals surface area contributed by atoms with Gasteiger partial charge in [-0.15, -0.1) is 6.58 Å². The van der Waals surface area contributed by atoms with Crippen LogP contribution in [0.15, 0.2) is 29.4 Å². The van der Waals surface area contributed by atoms with Gasteiger partial charge in [0, 0.05) is 0 Å². The molecule has 1 aromatic rings. The van der Waals surface area contributed by atoms with Gasteiger partial charge in [0.05, 0.1) is 18.0 Å². The molecule has 10 heavy (non-hydrogen) atoms. The van der Waals surface area contributed by atoms with Crippen molar-refractivity contribution in [3.63, 3.8) is 0 Å². The molecule has 1 aromatic heterocycles. The number of nitrogens with two attached hydrogens (primary N) is 2. The molecule has 0 bridgehead atoms. The monoisotopic (exact) mass is 138 g/mol. The third kappa shape index (κ3) is 1.04. The summed E-state index contributed by atoms with van der Waals surface area (Å²) in [5.74, 6) is 0.579. The fourth-order valence-electron chi connectivity index (χ4n) is 0.709. The Kier molecular flexibility index (Phi) is 1.78. The van der Waals surface area contributed by atoms with Crippen molar-refractivity contribution in [3.05, 3.63) is 30.7 Å². The molecule has 0 radical (unpaired) electrons. The summed E-state index contributed by atoms with van der Waals surface area (Å²) < 4.78 is 5.00. The highest BCUT2D eigenvalue weighted by Crippen LogP contribution is 2.19. The summed E-state index contributed by atoms with van der Waals surface area (Å²) in [5, 5.41) is 0. The number of hydrogen-bond acceptors (Lipinski definition) is 3. The molecule has 0 spiro atoms. The van der Waals surface area contributed by atoms with Crippen molar-refractivity contribution in [3.8, 4) is 0 Å². The fraction of sp³-hybridized carbons (Fsp3) is 0.143. The summed E-state index contributed by atoms with van der Waals surface area (Å²) in [4.78, 5) is 0. The molecule has 4 N–H and O–H groups in total. The summed E-state index contributed by atoms with van der Waals surface area (Å²) in [7, 11) is 0. The van der Waals surface area contributed by atoms with Gasteiger partial charge in [-0.25, -0.2) is 0 Å². The van der Waals surface area contributed by atoms with Gasteiger partial charge in [0.15, 0.2) is 0 Å². The van der Waals surface area contributed by atoms with E-state index in [1.807, 2.05) is 0 Å². The number of nitrogen functional groups attached to an aromatic ring is 1. The van der Waals surface area contributed by atoms with Crippen LogP contribution in [-0.2, 0) is 0 Å². The Labute approximate surface area is 59.3 Å². The van der Waals surface area contributed by atoms with Gasteiger partial charge >= 0.3 is 0 Å². The van der Waals surface area contributed by atoms with E-state index in [1.165, 1.54) is 6.26 Å². The smallest absolute Gasteiger partial charge is 0.147 e. The zero-order chi connectivity index (χ0) is 7.56. The van der Waals surface area contributed by atoms with Crippen LogP contribution in [0.5, 0.6) is 0 Å². The lowest BCUT2D eigenvalue weighted by molar-refractivity contribution is 0.496. The van der Waals surface area contributed by atoms with E-state index < -0.39 is 0 Å². The lowest BCUT2D eigenvalue weighted by Gasteiger charge is -2.01. The molecule has 0 amide bonds. The van der Waals surface area contributed by atoms with Crippen LogP contribution in [0.1, 0.15) is 11.8 Å². The Balaban J connectivity index is 2.92. The van der Waals surface area contributed by atoms with Gasteiger partial charge in [-0.1, -0.05) is 6.08 Å². The van der Waals surface area contributed by atoms with Gasteiger partial charge in [0.2, 0.25) is 0 Å². The van der Waals surface area contributed by atoms with Crippen LogP contribution in [0.4, 0.5) is 5.69 Å². The van der Waals surface area contributed by atoms with Crippen LogP contribution in [0.2, 0.25) is 0 Å². The highest BCUT2D eigenvalue weighted by Gasteiger charge is 2.07. The zero-order valence-corrected chi connectivity index (χ0v) is 5.58. The molecule has 0 unspecified atom stereocenters. The maximum atomic E-state index is 5.55. The molecule has 1 atom stereocenters. The summed E-state index contributed by atoms with van der Waals surface area (Å²) in [5.41, 5.74) is 11.6. The molecule has 3 heteroatoms. The summed E-state index contributed by atoms with van der Waals surface area (Å²) in [6.45, 7) is 3.52. The van der Waals surface area contributed by atoms with Gasteiger partial charge in [-0.2, -0.15) is 0 Å². The first-order valence-corrected chi connectivity index (χ1v) is 2.96. The van der Waals surface area contributed by atoms with E-state index in [4.69, 9.17) is 15.9 Å². The van der Waals surface area contributed by atoms with Crippen molar-refractivity contribution < 1.29 is 4.42 Å². The number of anilines is 1. The van der Waals surface area contributed by atoms with E-state index in [2.05, 4.69) is 6.58 Å². The average Bonchev–Trinajstić information content (AvgIpc) is 2.34. The molecular weight excluding hydrogens is 128 g/mol. The van der Waals surface area contributed by atoms with Gasteiger partial charge < -0.3 is 15.9 Å². The molecule has 3 nitrogen and oxygen atoms in total. The quantitative estimate of drug-likeness (QED) is 0.600. The summed E-state index contributed by atoms with van der Waals surface area (Å²) in [6, 6.07) is 1.37. The van der Waals surface area contributed by atoms with Crippen molar-refractivity contribution in [1.29, 1.82) is 0 Å². The number of hydrogen-bond donors (Lipinski definition) is 2. The first-order valence-electron chi connectivity index (χ1n) is 2.96. The van der Waals surface area contributed by atoms with Gasteiger partial charge in [0.25, 0.3) is 0 Å². The third-order valence-electron chi connectivity index (χ3n) is 1.28. The number of rotatable bonds is 2. The van der Waals surface area contributed by atoms with Crippen LogP contribution in [-0.4, -0.2) is 0 Å². The molecule has 0 fully saturated rings. The predicted octanol–water partition coefficient (Wildman–Crippen LogP) is 1.05. The van der Waals surface area contributed by atoms with E-state index in [0.29, 0.717) is 11.4 Å². The molecular formula is C7H10N2O. The molecule has 0 aliphatic rings. The van der Waals surface area contributed by atoms with Crippen molar-refractivity contribution in [2.45, 2.75) is 6.04 Å². The fourth-order valence-corrected chi connectivity index (χ4v) is 0.709. The maximum Gasteiger partial charge on any atom is 0.147 e. The molecule has 0 aromatic carbocycles. The molecule has 0 saturated heterocycles. The Morgan fingerprint density at radius 3 is 2.80 bits per heavy atom. The third-order valence-corrected chi connectivity index (χ3v) is 1.28. The second kappa shape index (κ2) is 2.58. The molecule has 0 aliphatic carbocycles. The normalized spacial score (nSPS) is 12.9. The minimum absolute atomic E-state index is 0.296. The highest BCUT2D eigenvalue weighted by atomic mass is 16.3. The van der Waals surface area contributed by atoms with E-state index in [9.17, 15) is 0 Å². The maximum absolute atomic E-state index is 5.55. The van der Waals surface area contributed by atoms with Crippen LogP contribution < -0.4 is 11.5 Å². The largest absolute Gasteiger partial charge is 0.465 e. The minimum atomic E-state index is -0.296. The van der Waals surface area contributed by atoms with Crippen LogP contribution in [0.3, 0.4) is 0 Å². The predicted molar refractivity (Wildman–Crippen MR) is 40.2 cm³/mol. The van der Waals surface area contributed by atoms with E-state index in [1.54, 1.807) is 12.1 Å². The van der Waals surface area contributed by atoms with Gasteiger partial charge in [-0.05, 0) is 6.07 Å². The van der Waals surface area contributed by atoms with Gasteiger partial charge in [-0.3, -0.25) is 0 Å². The molecule has 1 heterocycles. The molecule has 1 rings (SSSR count). The Bertz CT molecular complexity index is 229. The van der Waals surface area contributed by atoms with Gasteiger partial charge in [0.1, 0.15) is 5.76 Å². The molecule has 0 aliphatic heterocycles. The van der Waals surface area contributed by atoms with Crippen LogP contribution in [0, 0.1) is 0 Å². The minimum Gasteiger partial charge on any atom is -0.465 e. The van der Waals surface area contributed by atoms with Crippen molar-refractivity contribution in [2.24, 2.45) is 5.73 Å². The lowest BCUT2D eigenvalue weighted by Crippen LogP contribution is -2.07. The van der Waals surface area contributed by atoms with E-state index >= 15 is 0 Å². The van der Waals surface area contributed by atoms with Crippen LogP contribution in [0.25, 0.3) is 0 Å². The Morgan fingerprint density at radius 2 is 2.40 bits per heavy atom. The summed E-state index contributed by atoms with van der Waals surface area (Å²) >= 11 is 0. The lowest BCUT2D eigenvalue weighted by atomic mass is 10.2.